The van der Waals surface area contributed by atoms with Gasteiger partial charge in [0.2, 0.25) is 15.9 Å². The second kappa shape index (κ2) is 10.2. The molecule has 1 fully saturated rings. The quantitative estimate of drug-likeness (QED) is 0.615. The van der Waals surface area contributed by atoms with Gasteiger partial charge in [0.25, 0.3) is 0 Å². The molecular formula is C21H26N2O5S2. The Bertz CT molecular complexity index is 979. The molecule has 1 aromatic heterocycles. The maximum atomic E-state index is 13.1. The summed E-state index contributed by atoms with van der Waals surface area (Å²) in [7, 11) is -2.20. The number of methoxy groups -OCH3 is 1. The number of ether oxygens (including phenoxy) is 1. The van der Waals surface area contributed by atoms with Gasteiger partial charge in [0.1, 0.15) is 5.75 Å². The van der Waals surface area contributed by atoms with Gasteiger partial charge in [0.15, 0.2) is 5.78 Å². The average molecular weight is 451 g/mol. The number of benzene rings is 1. The van der Waals surface area contributed by atoms with Crippen LogP contribution >= 0.6 is 11.3 Å². The zero-order valence-electron chi connectivity index (χ0n) is 16.9. The van der Waals surface area contributed by atoms with Crippen molar-refractivity contribution in [2.24, 2.45) is 0 Å². The van der Waals surface area contributed by atoms with Crippen LogP contribution in [-0.4, -0.2) is 44.6 Å². The fraction of sp³-hybridized carbons (Fsp3) is 0.429. The van der Waals surface area contributed by atoms with Crippen molar-refractivity contribution in [3.05, 3.63) is 40.6 Å². The Kier molecular flexibility index (Phi) is 7.63. The minimum absolute atomic E-state index is 0.00297. The lowest BCUT2D eigenvalue weighted by Gasteiger charge is -2.21. The fourth-order valence-corrected chi connectivity index (χ4v) is 5.61. The summed E-state index contributed by atoms with van der Waals surface area (Å²) < 4.78 is 32.9. The smallest absolute Gasteiger partial charge is 0.243 e. The number of carbonyl (C=O) groups excluding carboxylic acids is 2. The van der Waals surface area contributed by atoms with Gasteiger partial charge in [0.05, 0.1) is 22.6 Å². The maximum Gasteiger partial charge on any atom is 0.243 e. The van der Waals surface area contributed by atoms with Crippen molar-refractivity contribution in [1.82, 2.24) is 4.31 Å². The fourth-order valence-electron chi connectivity index (χ4n) is 3.38. The number of sulfonamides is 1. The molecule has 0 aliphatic carbocycles. The third-order valence-electron chi connectivity index (χ3n) is 5.02. The first-order valence-electron chi connectivity index (χ1n) is 9.96. The molecule has 3 rings (SSSR count). The Morgan fingerprint density at radius 1 is 1.10 bits per heavy atom. The number of nitrogens with one attached hydrogen (secondary N) is 1. The molecule has 0 spiro atoms. The van der Waals surface area contributed by atoms with Crippen molar-refractivity contribution in [3.8, 4) is 5.75 Å². The molecule has 2 aromatic rings. The summed E-state index contributed by atoms with van der Waals surface area (Å²) in [6.07, 6.45) is 3.83. The third kappa shape index (κ3) is 5.47. The van der Waals surface area contributed by atoms with Gasteiger partial charge in [-0.3, -0.25) is 9.59 Å². The highest BCUT2D eigenvalue weighted by atomic mass is 32.2. The number of thiophene rings is 1. The third-order valence-corrected chi connectivity index (χ3v) is 7.83. The summed E-state index contributed by atoms with van der Waals surface area (Å²) in [6.45, 7) is 1.00. The van der Waals surface area contributed by atoms with Crippen molar-refractivity contribution < 1.29 is 22.7 Å². The second-order valence-corrected chi connectivity index (χ2v) is 10.0. The predicted molar refractivity (Wildman–Crippen MR) is 117 cm³/mol. The molecule has 7 nitrogen and oxygen atoms in total. The van der Waals surface area contributed by atoms with Gasteiger partial charge in [-0.25, -0.2) is 8.42 Å². The molecule has 2 heterocycles. The summed E-state index contributed by atoms with van der Waals surface area (Å²) in [5, 5.41) is 4.51. The van der Waals surface area contributed by atoms with Crippen LogP contribution in [0, 0.1) is 0 Å². The number of ketones is 1. The van der Waals surface area contributed by atoms with Gasteiger partial charge in [-0.2, -0.15) is 4.31 Å². The van der Waals surface area contributed by atoms with E-state index in [1.165, 1.54) is 41.0 Å². The summed E-state index contributed by atoms with van der Waals surface area (Å²) in [5.41, 5.74) is 0.280. The van der Waals surface area contributed by atoms with Crippen molar-refractivity contribution in [1.29, 1.82) is 0 Å². The number of anilines is 1. The van der Waals surface area contributed by atoms with Crippen molar-refractivity contribution in [2.75, 3.05) is 25.5 Å². The van der Waals surface area contributed by atoms with Crippen LogP contribution in [0.15, 0.2) is 40.6 Å². The van der Waals surface area contributed by atoms with Gasteiger partial charge in [-0.15, -0.1) is 11.3 Å². The van der Waals surface area contributed by atoms with E-state index < -0.39 is 10.0 Å². The second-order valence-electron chi connectivity index (χ2n) is 7.13. The van der Waals surface area contributed by atoms with Crippen LogP contribution in [0.25, 0.3) is 0 Å². The van der Waals surface area contributed by atoms with Crippen LogP contribution in [0.3, 0.4) is 0 Å². The molecule has 0 atom stereocenters. The standard InChI is InChI=1S/C21H26N2O5S2/c1-28-19-10-8-16(30(26,27)23-12-4-2-3-5-13-23)15-17(19)22-21(25)11-9-18(24)20-7-6-14-29-20/h6-8,10,14-15H,2-5,9,11-13H2,1H3,(H,22,25). The van der Waals surface area contributed by atoms with E-state index in [4.69, 9.17) is 4.74 Å². The van der Waals surface area contributed by atoms with Crippen LogP contribution in [0.2, 0.25) is 0 Å². The van der Waals surface area contributed by atoms with E-state index >= 15 is 0 Å². The van der Waals surface area contributed by atoms with E-state index in [0.717, 1.165) is 25.7 Å². The van der Waals surface area contributed by atoms with E-state index in [1.54, 1.807) is 12.1 Å². The zero-order chi connectivity index (χ0) is 21.6. The predicted octanol–water partition coefficient (Wildman–Crippen LogP) is 3.92. The molecule has 0 saturated carbocycles. The van der Waals surface area contributed by atoms with E-state index in [9.17, 15) is 18.0 Å². The molecule has 9 heteroatoms. The lowest BCUT2D eigenvalue weighted by Crippen LogP contribution is -2.32. The molecule has 0 unspecified atom stereocenters. The molecule has 1 saturated heterocycles. The number of Topliss-reactive ketones (excluding diaryl/α,β-unsaturated/α-hetero) is 1. The number of nitrogens with zero attached hydrogens (tertiary/aromatic N) is 1. The molecule has 1 aliphatic heterocycles. The first-order chi connectivity index (χ1) is 14.4. The highest BCUT2D eigenvalue weighted by Gasteiger charge is 2.26. The molecule has 30 heavy (non-hydrogen) atoms. The minimum atomic E-state index is -3.65. The Morgan fingerprint density at radius 3 is 2.47 bits per heavy atom. The Hall–Kier alpha value is -2.23. The molecular weight excluding hydrogens is 424 g/mol. The Labute approximate surface area is 181 Å². The number of carbonyl (C=O) groups is 2. The van der Waals surface area contributed by atoms with Crippen LogP contribution in [-0.2, 0) is 14.8 Å². The minimum Gasteiger partial charge on any atom is -0.495 e. The maximum absolute atomic E-state index is 13.1. The van der Waals surface area contributed by atoms with Crippen LogP contribution < -0.4 is 10.1 Å². The van der Waals surface area contributed by atoms with Gasteiger partial charge in [0, 0.05) is 25.9 Å². The average Bonchev–Trinajstić information content (AvgIpc) is 3.13. The van der Waals surface area contributed by atoms with Crippen LogP contribution in [0.4, 0.5) is 5.69 Å². The summed E-state index contributed by atoms with van der Waals surface area (Å²) in [4.78, 5) is 25.2. The molecule has 1 N–H and O–H groups in total. The summed E-state index contributed by atoms with van der Waals surface area (Å²) in [6, 6.07) is 7.98. The molecule has 1 amide bonds. The Balaban J connectivity index is 1.72. The normalized spacial score (nSPS) is 15.4. The van der Waals surface area contributed by atoms with Gasteiger partial charge >= 0.3 is 0 Å². The molecule has 1 aliphatic rings. The monoisotopic (exact) mass is 450 g/mol. The van der Waals surface area contributed by atoms with E-state index in [0.29, 0.717) is 23.7 Å². The van der Waals surface area contributed by atoms with E-state index in [-0.39, 0.29) is 35.1 Å². The lowest BCUT2D eigenvalue weighted by atomic mass is 10.2. The van der Waals surface area contributed by atoms with Crippen molar-refractivity contribution in [3.63, 3.8) is 0 Å². The number of amides is 1. The van der Waals surface area contributed by atoms with Gasteiger partial charge < -0.3 is 10.1 Å². The number of rotatable bonds is 8. The number of hydrogen-bond acceptors (Lipinski definition) is 6. The van der Waals surface area contributed by atoms with Crippen molar-refractivity contribution >= 4 is 38.7 Å². The molecule has 1 aromatic carbocycles. The lowest BCUT2D eigenvalue weighted by molar-refractivity contribution is -0.116. The topological polar surface area (TPSA) is 92.8 Å². The molecule has 0 radical (unpaired) electrons. The van der Waals surface area contributed by atoms with Gasteiger partial charge in [-0.1, -0.05) is 18.9 Å². The highest BCUT2D eigenvalue weighted by molar-refractivity contribution is 7.89. The highest BCUT2D eigenvalue weighted by Crippen LogP contribution is 2.30. The number of hydrogen-bond donors (Lipinski definition) is 1. The van der Waals surface area contributed by atoms with Gasteiger partial charge in [-0.05, 0) is 42.5 Å². The van der Waals surface area contributed by atoms with E-state index in [1.807, 2.05) is 5.38 Å². The van der Waals surface area contributed by atoms with Crippen LogP contribution in [0.1, 0.15) is 48.2 Å². The zero-order valence-corrected chi connectivity index (χ0v) is 18.6. The first kappa shape index (κ1) is 22.5. The summed E-state index contributed by atoms with van der Waals surface area (Å²) in [5.74, 6) is -0.102. The molecule has 0 bridgehead atoms. The van der Waals surface area contributed by atoms with E-state index in [2.05, 4.69) is 5.32 Å². The molecule has 162 valence electrons. The van der Waals surface area contributed by atoms with Crippen molar-refractivity contribution in [2.45, 2.75) is 43.4 Å². The SMILES string of the molecule is COc1ccc(S(=O)(=O)N2CCCCCC2)cc1NC(=O)CCC(=O)c1cccs1. The summed E-state index contributed by atoms with van der Waals surface area (Å²) >= 11 is 1.34. The first-order valence-corrected chi connectivity index (χ1v) is 12.3. The Morgan fingerprint density at radius 2 is 1.83 bits per heavy atom. The van der Waals surface area contributed by atoms with Crippen LogP contribution in [0.5, 0.6) is 5.75 Å². The largest absolute Gasteiger partial charge is 0.495 e.